The van der Waals surface area contributed by atoms with Crippen LogP contribution in [0.5, 0.6) is 0 Å². The summed E-state index contributed by atoms with van der Waals surface area (Å²) in [5.74, 6) is -0.102. The molecule has 1 saturated heterocycles. The molecule has 26 heavy (non-hydrogen) atoms. The summed E-state index contributed by atoms with van der Waals surface area (Å²) in [7, 11) is 0. The van der Waals surface area contributed by atoms with Crippen molar-refractivity contribution in [3.05, 3.63) is 74.6 Å². The second-order valence-electron chi connectivity index (χ2n) is 6.43. The van der Waals surface area contributed by atoms with E-state index in [2.05, 4.69) is 15.0 Å². The lowest BCUT2D eigenvalue weighted by Gasteiger charge is -2.35. The zero-order chi connectivity index (χ0) is 18.1. The van der Waals surface area contributed by atoms with Crippen LogP contribution in [0.4, 0.5) is 0 Å². The van der Waals surface area contributed by atoms with Crippen molar-refractivity contribution in [1.82, 2.24) is 19.9 Å². The minimum Gasteiger partial charge on any atom is -0.330 e. The lowest BCUT2D eigenvalue weighted by molar-refractivity contribution is 0.0606. The fourth-order valence-electron chi connectivity index (χ4n) is 3.47. The standard InChI is InChI=1S/C19H18N4O3/c24-17-18(25)22-15-11-12(7-8-13(15)21-17)19(26)23-10-4-2-6-16(23)14-5-1-3-9-20-14/h1,3,5,7-9,11,16H,2,4,6,10H2,(H,21,24)(H,22,25)/t16-/m0/s1. The van der Waals surface area contributed by atoms with E-state index >= 15 is 0 Å². The first kappa shape index (κ1) is 16.3. The molecule has 1 amide bonds. The summed E-state index contributed by atoms with van der Waals surface area (Å²) in [6, 6.07) is 10.6. The highest BCUT2D eigenvalue weighted by Crippen LogP contribution is 2.31. The molecular formula is C19H18N4O3. The van der Waals surface area contributed by atoms with Gasteiger partial charge < -0.3 is 14.9 Å². The summed E-state index contributed by atoms with van der Waals surface area (Å²) in [5, 5.41) is 0. The molecule has 0 bridgehead atoms. The number of aromatic amines is 2. The number of carbonyl (C=O) groups excluding carboxylic acids is 1. The largest absolute Gasteiger partial charge is 0.330 e. The van der Waals surface area contributed by atoms with Gasteiger partial charge >= 0.3 is 11.1 Å². The van der Waals surface area contributed by atoms with Gasteiger partial charge in [-0.05, 0) is 49.6 Å². The van der Waals surface area contributed by atoms with E-state index in [0.29, 0.717) is 23.1 Å². The molecule has 1 aromatic carbocycles. The van der Waals surface area contributed by atoms with Crippen molar-refractivity contribution in [3.8, 4) is 0 Å². The first-order valence-electron chi connectivity index (χ1n) is 8.62. The molecule has 3 heterocycles. The summed E-state index contributed by atoms with van der Waals surface area (Å²) in [4.78, 5) is 47.4. The van der Waals surface area contributed by atoms with E-state index < -0.39 is 11.1 Å². The molecule has 1 atom stereocenters. The van der Waals surface area contributed by atoms with E-state index in [-0.39, 0.29) is 11.9 Å². The summed E-state index contributed by atoms with van der Waals surface area (Å²) >= 11 is 0. The monoisotopic (exact) mass is 350 g/mol. The van der Waals surface area contributed by atoms with Gasteiger partial charge in [0.2, 0.25) is 0 Å². The van der Waals surface area contributed by atoms with E-state index in [1.165, 1.54) is 0 Å². The quantitative estimate of drug-likeness (QED) is 0.690. The zero-order valence-corrected chi connectivity index (χ0v) is 14.1. The highest BCUT2D eigenvalue weighted by atomic mass is 16.2. The normalized spacial score (nSPS) is 17.4. The summed E-state index contributed by atoms with van der Waals surface area (Å²) in [6.07, 6.45) is 4.62. The van der Waals surface area contributed by atoms with Gasteiger partial charge in [-0.1, -0.05) is 6.07 Å². The topological polar surface area (TPSA) is 98.9 Å². The Kier molecular flexibility index (Phi) is 4.12. The number of nitrogens with zero attached hydrogens (tertiary/aromatic N) is 2. The lowest BCUT2D eigenvalue weighted by Crippen LogP contribution is -2.39. The number of benzene rings is 1. The van der Waals surface area contributed by atoms with Crippen molar-refractivity contribution in [2.45, 2.75) is 25.3 Å². The lowest BCUT2D eigenvalue weighted by atomic mass is 9.97. The van der Waals surface area contributed by atoms with Gasteiger partial charge in [0.05, 0.1) is 22.8 Å². The number of hydrogen-bond donors (Lipinski definition) is 2. The van der Waals surface area contributed by atoms with Gasteiger partial charge in [-0.3, -0.25) is 19.4 Å². The fourth-order valence-corrected chi connectivity index (χ4v) is 3.47. The van der Waals surface area contributed by atoms with Crippen LogP contribution >= 0.6 is 0 Å². The molecule has 4 rings (SSSR count). The summed E-state index contributed by atoms with van der Waals surface area (Å²) in [5.41, 5.74) is 0.856. The minimum atomic E-state index is -0.730. The van der Waals surface area contributed by atoms with Crippen LogP contribution in [0.25, 0.3) is 11.0 Å². The van der Waals surface area contributed by atoms with Crippen molar-refractivity contribution in [1.29, 1.82) is 0 Å². The van der Waals surface area contributed by atoms with Crippen molar-refractivity contribution < 1.29 is 4.79 Å². The van der Waals surface area contributed by atoms with Crippen molar-refractivity contribution in [2.75, 3.05) is 6.54 Å². The average molecular weight is 350 g/mol. The van der Waals surface area contributed by atoms with Crippen LogP contribution in [0.2, 0.25) is 0 Å². The Morgan fingerprint density at radius 3 is 2.62 bits per heavy atom. The van der Waals surface area contributed by atoms with Crippen LogP contribution in [0.1, 0.15) is 41.4 Å². The zero-order valence-electron chi connectivity index (χ0n) is 14.1. The van der Waals surface area contributed by atoms with Gasteiger partial charge in [-0.25, -0.2) is 0 Å². The van der Waals surface area contributed by atoms with Crippen LogP contribution < -0.4 is 11.1 Å². The number of rotatable bonds is 2. The Bertz CT molecular complexity index is 1070. The molecule has 1 aliphatic heterocycles. The molecule has 1 aliphatic rings. The predicted octanol–water partition coefficient (Wildman–Crippen LogP) is 1.98. The third-order valence-electron chi connectivity index (χ3n) is 4.76. The first-order chi connectivity index (χ1) is 12.6. The van der Waals surface area contributed by atoms with Crippen LogP contribution in [0.15, 0.2) is 52.2 Å². The fraction of sp³-hybridized carbons (Fsp3) is 0.263. The Morgan fingerprint density at radius 1 is 1.04 bits per heavy atom. The molecule has 132 valence electrons. The maximum absolute atomic E-state index is 13.1. The van der Waals surface area contributed by atoms with Gasteiger partial charge in [0.25, 0.3) is 5.91 Å². The number of amides is 1. The first-order valence-corrected chi connectivity index (χ1v) is 8.62. The smallest absolute Gasteiger partial charge is 0.314 e. The number of piperidine rings is 1. The van der Waals surface area contributed by atoms with Crippen LogP contribution in [0.3, 0.4) is 0 Å². The molecule has 0 spiro atoms. The highest BCUT2D eigenvalue weighted by Gasteiger charge is 2.29. The van der Waals surface area contributed by atoms with Crippen LogP contribution in [-0.4, -0.2) is 32.3 Å². The molecule has 0 unspecified atom stereocenters. The number of fused-ring (bicyclic) bond motifs is 1. The molecule has 0 radical (unpaired) electrons. The maximum Gasteiger partial charge on any atom is 0.314 e. The molecule has 2 aromatic heterocycles. The number of pyridine rings is 1. The molecule has 0 aliphatic carbocycles. The van der Waals surface area contributed by atoms with Gasteiger partial charge in [-0.15, -0.1) is 0 Å². The number of hydrogen-bond acceptors (Lipinski definition) is 4. The second-order valence-corrected chi connectivity index (χ2v) is 6.43. The van der Waals surface area contributed by atoms with E-state index in [9.17, 15) is 14.4 Å². The van der Waals surface area contributed by atoms with Crippen LogP contribution in [0, 0.1) is 0 Å². The molecule has 7 heteroatoms. The number of H-pyrrole nitrogens is 2. The molecule has 2 N–H and O–H groups in total. The van der Waals surface area contributed by atoms with Gasteiger partial charge in [0, 0.05) is 18.3 Å². The Labute approximate surface area is 148 Å². The van der Waals surface area contributed by atoms with Gasteiger partial charge in [0.1, 0.15) is 0 Å². The maximum atomic E-state index is 13.1. The van der Waals surface area contributed by atoms with E-state index in [4.69, 9.17) is 0 Å². The van der Waals surface area contributed by atoms with Crippen molar-refractivity contribution in [3.63, 3.8) is 0 Å². The number of likely N-dealkylation sites (tertiary alicyclic amines) is 1. The third-order valence-corrected chi connectivity index (χ3v) is 4.76. The molecular weight excluding hydrogens is 332 g/mol. The van der Waals surface area contributed by atoms with Crippen LogP contribution in [-0.2, 0) is 0 Å². The predicted molar refractivity (Wildman–Crippen MR) is 97.1 cm³/mol. The minimum absolute atomic E-state index is 0.0530. The number of carbonyl (C=O) groups is 1. The Hall–Kier alpha value is -3.22. The van der Waals surface area contributed by atoms with Gasteiger partial charge in [0.15, 0.2) is 0 Å². The highest BCUT2D eigenvalue weighted by molar-refractivity contribution is 5.97. The Morgan fingerprint density at radius 2 is 1.85 bits per heavy atom. The average Bonchev–Trinajstić information content (AvgIpc) is 2.69. The Balaban J connectivity index is 1.71. The number of aromatic nitrogens is 3. The van der Waals surface area contributed by atoms with Gasteiger partial charge in [-0.2, -0.15) is 0 Å². The number of nitrogens with one attached hydrogen (secondary N) is 2. The molecule has 1 fully saturated rings. The third kappa shape index (κ3) is 2.92. The van der Waals surface area contributed by atoms with E-state index in [0.717, 1.165) is 25.0 Å². The SMILES string of the molecule is O=C(c1ccc2[nH]c(=O)c(=O)[nH]c2c1)N1CCCC[C@H]1c1ccccn1. The summed E-state index contributed by atoms with van der Waals surface area (Å²) < 4.78 is 0. The van der Waals surface area contributed by atoms with Crippen molar-refractivity contribution in [2.24, 2.45) is 0 Å². The molecule has 0 saturated carbocycles. The van der Waals surface area contributed by atoms with E-state index in [1.807, 2.05) is 23.1 Å². The molecule has 3 aromatic rings. The second kappa shape index (κ2) is 6.59. The summed E-state index contributed by atoms with van der Waals surface area (Å²) in [6.45, 7) is 0.667. The van der Waals surface area contributed by atoms with E-state index in [1.54, 1.807) is 24.4 Å². The molecule has 7 nitrogen and oxygen atoms in total. The van der Waals surface area contributed by atoms with Crippen molar-refractivity contribution >= 4 is 16.9 Å².